The maximum Gasteiger partial charge on any atom is 0.416 e. The molecule has 3 aromatic carbocycles. The third kappa shape index (κ3) is 6.15. The first-order valence-corrected chi connectivity index (χ1v) is 13.0. The van der Waals surface area contributed by atoms with Gasteiger partial charge in [-0.1, -0.05) is 41.6 Å². The van der Waals surface area contributed by atoms with Crippen LogP contribution in [0.15, 0.2) is 65.7 Å². The van der Waals surface area contributed by atoms with Gasteiger partial charge in [0.15, 0.2) is 16.7 Å². The lowest BCUT2D eigenvalue weighted by atomic mass is 10.1. The van der Waals surface area contributed by atoms with Gasteiger partial charge < -0.3 is 14.8 Å². The van der Waals surface area contributed by atoms with Gasteiger partial charge in [0.1, 0.15) is 5.25 Å². The summed E-state index contributed by atoms with van der Waals surface area (Å²) in [6.07, 6.45) is -4.70. The van der Waals surface area contributed by atoms with Crippen molar-refractivity contribution < 1.29 is 32.2 Å². The zero-order valence-corrected chi connectivity index (χ0v) is 22.0. The molecule has 2 amide bonds. The zero-order valence-electron chi connectivity index (χ0n) is 20.4. The summed E-state index contributed by atoms with van der Waals surface area (Å²) >= 11 is 7.17. The summed E-state index contributed by atoms with van der Waals surface area (Å²) in [7, 11) is 0. The van der Waals surface area contributed by atoms with Crippen LogP contribution in [0, 0.1) is 6.92 Å². The molecule has 1 N–H and O–H groups in total. The summed E-state index contributed by atoms with van der Waals surface area (Å²) in [5.74, 6) is 0.242. The number of amides is 2. The summed E-state index contributed by atoms with van der Waals surface area (Å²) < 4.78 is 50.7. The van der Waals surface area contributed by atoms with E-state index >= 15 is 0 Å². The van der Waals surface area contributed by atoms with Crippen LogP contribution in [-0.2, 0) is 22.3 Å². The molecule has 1 fully saturated rings. The van der Waals surface area contributed by atoms with E-state index in [0.29, 0.717) is 27.8 Å². The Hall–Kier alpha value is -3.70. The molecule has 0 saturated carbocycles. The Morgan fingerprint density at radius 1 is 1.13 bits per heavy atom. The lowest BCUT2D eigenvalue weighted by Gasteiger charge is -2.32. The molecule has 5 rings (SSSR count). The number of fused-ring (bicyclic) bond motifs is 1. The van der Waals surface area contributed by atoms with Crippen LogP contribution in [-0.4, -0.2) is 33.9 Å². The number of aliphatic imine (C=N–C) groups is 1. The highest BCUT2D eigenvalue weighted by molar-refractivity contribution is 8.15. The SMILES string of the molecule is Cc1ccc(NC(=O)[C@H]2CC(=O)N(Cc3ccc4c(c3)OCO4)C(=Nc3cccc(C(F)(F)F)c3)S2)cc1Cl. The van der Waals surface area contributed by atoms with Gasteiger partial charge in [-0.05, 0) is 60.5 Å². The molecule has 39 heavy (non-hydrogen) atoms. The van der Waals surface area contributed by atoms with Crippen molar-refractivity contribution in [2.75, 3.05) is 12.1 Å². The molecule has 3 aromatic rings. The Morgan fingerprint density at radius 2 is 1.92 bits per heavy atom. The number of thioether (sulfide) groups is 1. The first kappa shape index (κ1) is 26.9. The summed E-state index contributed by atoms with van der Waals surface area (Å²) in [6, 6.07) is 14.7. The lowest BCUT2D eigenvalue weighted by Crippen LogP contribution is -2.44. The van der Waals surface area contributed by atoms with Crippen LogP contribution in [0.5, 0.6) is 11.5 Å². The van der Waals surface area contributed by atoms with Gasteiger partial charge in [0.25, 0.3) is 0 Å². The zero-order chi connectivity index (χ0) is 27.7. The van der Waals surface area contributed by atoms with Gasteiger partial charge in [-0.25, -0.2) is 4.99 Å². The molecular formula is C27H21ClF3N3O4S. The van der Waals surface area contributed by atoms with E-state index < -0.39 is 28.8 Å². The number of carbonyl (C=O) groups is 2. The molecule has 1 saturated heterocycles. The molecule has 2 aliphatic heterocycles. The molecule has 7 nitrogen and oxygen atoms in total. The Kier molecular flexibility index (Phi) is 7.46. The summed E-state index contributed by atoms with van der Waals surface area (Å²) in [6.45, 7) is 1.99. The van der Waals surface area contributed by atoms with Crippen LogP contribution in [0.25, 0.3) is 0 Å². The van der Waals surface area contributed by atoms with Gasteiger partial charge in [0.05, 0.1) is 17.8 Å². The number of amidine groups is 1. The number of hydrogen-bond acceptors (Lipinski definition) is 6. The maximum atomic E-state index is 13.3. The van der Waals surface area contributed by atoms with E-state index in [1.165, 1.54) is 17.0 Å². The van der Waals surface area contributed by atoms with E-state index in [2.05, 4.69) is 10.3 Å². The van der Waals surface area contributed by atoms with Gasteiger partial charge >= 0.3 is 6.18 Å². The van der Waals surface area contributed by atoms with Crippen LogP contribution in [0.2, 0.25) is 5.02 Å². The number of rotatable bonds is 5. The van der Waals surface area contributed by atoms with Crippen molar-refractivity contribution in [3.63, 3.8) is 0 Å². The van der Waals surface area contributed by atoms with Crippen molar-refractivity contribution >= 4 is 51.7 Å². The third-order valence-electron chi connectivity index (χ3n) is 6.05. The molecule has 0 bridgehead atoms. The van der Waals surface area contributed by atoms with E-state index in [1.54, 1.807) is 36.4 Å². The van der Waals surface area contributed by atoms with Gasteiger partial charge in [-0.15, -0.1) is 0 Å². The standard InChI is InChI=1S/C27H21ClF3N3O4S/c1-15-5-7-19(11-20(15)28)32-25(36)23-12-24(35)34(13-16-6-8-21-22(9-16)38-14-37-21)26(39-23)33-18-4-2-3-17(10-18)27(29,30)31/h2-11,23H,12-14H2,1H3,(H,32,36)/t23-/m1/s1. The largest absolute Gasteiger partial charge is 0.454 e. The van der Waals surface area contributed by atoms with Crippen LogP contribution >= 0.6 is 23.4 Å². The van der Waals surface area contributed by atoms with Crippen LogP contribution in [0.3, 0.4) is 0 Å². The second kappa shape index (κ2) is 10.8. The molecule has 2 heterocycles. The third-order valence-corrected chi connectivity index (χ3v) is 7.64. The minimum absolute atomic E-state index is 0.00202. The highest BCUT2D eigenvalue weighted by atomic mass is 35.5. The normalized spacial score (nSPS) is 18.0. The molecule has 0 radical (unpaired) electrons. The van der Waals surface area contributed by atoms with E-state index in [1.807, 2.05) is 6.92 Å². The van der Waals surface area contributed by atoms with Gasteiger partial charge in [-0.2, -0.15) is 13.2 Å². The Bertz CT molecular complexity index is 1480. The predicted molar refractivity (Wildman–Crippen MR) is 142 cm³/mol. The molecule has 0 aliphatic carbocycles. The van der Waals surface area contributed by atoms with Gasteiger partial charge in [0.2, 0.25) is 18.6 Å². The number of nitrogens with one attached hydrogen (secondary N) is 1. The highest BCUT2D eigenvalue weighted by Gasteiger charge is 2.37. The van der Waals surface area contributed by atoms with Crippen molar-refractivity contribution in [1.82, 2.24) is 4.90 Å². The van der Waals surface area contributed by atoms with E-state index in [-0.39, 0.29) is 30.6 Å². The number of halogens is 4. The summed E-state index contributed by atoms with van der Waals surface area (Å²) in [4.78, 5) is 32.2. The first-order chi connectivity index (χ1) is 18.6. The molecule has 0 unspecified atom stereocenters. The van der Waals surface area contributed by atoms with Crippen LogP contribution < -0.4 is 14.8 Å². The second-order valence-electron chi connectivity index (χ2n) is 8.87. The highest BCUT2D eigenvalue weighted by Crippen LogP contribution is 2.36. The van der Waals surface area contributed by atoms with Gasteiger partial charge in [0, 0.05) is 17.1 Å². The fraction of sp³-hybridized carbons (Fsp3) is 0.222. The first-order valence-electron chi connectivity index (χ1n) is 11.8. The fourth-order valence-electron chi connectivity index (χ4n) is 3.97. The summed E-state index contributed by atoms with van der Waals surface area (Å²) in [5.41, 5.74) is 1.13. The Morgan fingerprint density at radius 3 is 2.69 bits per heavy atom. The minimum atomic E-state index is -4.56. The number of benzene rings is 3. The molecule has 12 heteroatoms. The minimum Gasteiger partial charge on any atom is -0.454 e. The van der Waals surface area contributed by atoms with Crippen molar-refractivity contribution in [1.29, 1.82) is 0 Å². The second-order valence-corrected chi connectivity index (χ2v) is 10.5. The lowest BCUT2D eigenvalue weighted by molar-refractivity contribution is -0.137. The number of alkyl halides is 3. The van der Waals surface area contributed by atoms with E-state index in [0.717, 1.165) is 29.5 Å². The number of anilines is 1. The van der Waals surface area contributed by atoms with E-state index in [9.17, 15) is 22.8 Å². The van der Waals surface area contributed by atoms with Gasteiger partial charge in [-0.3, -0.25) is 14.5 Å². The van der Waals surface area contributed by atoms with E-state index in [4.69, 9.17) is 21.1 Å². The Labute approximate surface area is 230 Å². The molecular weight excluding hydrogens is 555 g/mol. The van der Waals surface area contributed by atoms with Crippen molar-refractivity contribution in [3.8, 4) is 11.5 Å². The van der Waals surface area contributed by atoms with Crippen molar-refractivity contribution in [2.24, 2.45) is 4.99 Å². The van der Waals surface area contributed by atoms with Crippen molar-refractivity contribution in [3.05, 3.63) is 82.4 Å². The number of aryl methyl sites for hydroxylation is 1. The topological polar surface area (TPSA) is 80.2 Å². The Balaban J connectivity index is 1.44. The average Bonchev–Trinajstić information content (AvgIpc) is 3.36. The number of nitrogens with zero attached hydrogens (tertiary/aromatic N) is 2. The molecule has 0 aromatic heterocycles. The average molecular weight is 576 g/mol. The fourth-order valence-corrected chi connectivity index (χ4v) is 5.25. The molecule has 1 atom stereocenters. The molecule has 2 aliphatic rings. The number of ether oxygens (including phenoxy) is 2. The maximum absolute atomic E-state index is 13.3. The summed E-state index contributed by atoms with van der Waals surface area (Å²) in [5, 5.41) is 2.47. The predicted octanol–water partition coefficient (Wildman–Crippen LogP) is 6.56. The number of carbonyl (C=O) groups excluding carboxylic acids is 2. The molecule has 0 spiro atoms. The smallest absolute Gasteiger partial charge is 0.416 e. The quantitative estimate of drug-likeness (QED) is 0.373. The van der Waals surface area contributed by atoms with Crippen LogP contribution in [0.4, 0.5) is 24.5 Å². The van der Waals surface area contributed by atoms with Crippen molar-refractivity contribution in [2.45, 2.75) is 31.3 Å². The monoisotopic (exact) mass is 575 g/mol. The molecule has 202 valence electrons. The number of hydrogen-bond donors (Lipinski definition) is 1. The van der Waals surface area contributed by atoms with Crippen LogP contribution in [0.1, 0.15) is 23.1 Å².